The number of aliphatic imine (C=N–C) groups is 1. The smallest absolute Gasteiger partial charge is 0.202 e. The highest BCUT2D eigenvalue weighted by Gasteiger charge is 2.21. The maximum absolute atomic E-state index is 9.44. The Labute approximate surface area is 265 Å². The van der Waals surface area contributed by atoms with Crippen molar-refractivity contribution < 1.29 is 18.4 Å². The number of allylic oxidation sites excluding steroid dienone is 4. The first-order valence-corrected chi connectivity index (χ1v) is 16.0. The number of hydrogen-bond acceptors (Lipinski definition) is 7. The highest BCUT2D eigenvalue weighted by Crippen LogP contribution is 2.34. The average Bonchev–Trinajstić information content (AvgIpc) is 3.79. The normalized spacial score (nSPS) is 16.0. The molecule has 44 heavy (non-hydrogen) atoms. The molecule has 0 saturated heterocycles. The second-order valence-corrected chi connectivity index (χ2v) is 10.4. The fourth-order valence-corrected chi connectivity index (χ4v) is 4.54. The Morgan fingerprint density at radius 3 is 2.16 bits per heavy atom. The van der Waals surface area contributed by atoms with Crippen molar-refractivity contribution in [1.82, 2.24) is 4.98 Å². The first kappa shape index (κ1) is 38.0. The molecule has 7 heteroatoms. The Hall–Kier alpha value is -4.00. The van der Waals surface area contributed by atoms with Gasteiger partial charge in [-0.05, 0) is 55.7 Å². The van der Waals surface area contributed by atoms with E-state index in [0.29, 0.717) is 5.89 Å². The number of aromatic nitrogens is 1. The molecule has 1 aromatic carbocycles. The van der Waals surface area contributed by atoms with Crippen LogP contribution in [0, 0.1) is 5.92 Å². The van der Waals surface area contributed by atoms with Gasteiger partial charge in [-0.1, -0.05) is 78.9 Å². The van der Waals surface area contributed by atoms with E-state index in [1.807, 2.05) is 72.0 Å². The first-order chi connectivity index (χ1) is 21.3. The Balaban J connectivity index is 0.000000501. The summed E-state index contributed by atoms with van der Waals surface area (Å²) in [7, 11) is 1.90. The maximum atomic E-state index is 9.44. The number of aldehydes is 1. The summed E-state index contributed by atoms with van der Waals surface area (Å²) in [6, 6.07) is 10.0. The summed E-state index contributed by atoms with van der Waals surface area (Å²) in [6.45, 7) is 15.7. The monoisotopic (exact) mass is 603 g/mol. The summed E-state index contributed by atoms with van der Waals surface area (Å²) in [6.07, 6.45) is 17.9. The van der Waals surface area contributed by atoms with E-state index in [-0.39, 0.29) is 12.2 Å². The molecule has 1 saturated carbocycles. The summed E-state index contributed by atoms with van der Waals surface area (Å²) < 4.78 is 11.2. The lowest BCUT2D eigenvalue weighted by atomic mass is 9.91. The zero-order valence-electron chi connectivity index (χ0n) is 28.3. The molecular formula is C37H53N3O4. The quantitative estimate of drug-likeness (QED) is 0.171. The SMILES string of the molecule is CC.CC.CC(=O)C=O.CC1CCCCC1.CNc1ccc(-c2cnc(C3C=CC(C)=C(N=C(C)c4ccoc4)C3)o2)cc1. The van der Waals surface area contributed by atoms with Crippen LogP contribution in [-0.2, 0) is 9.59 Å². The number of Topliss-reactive ketones (excluding diaryl/α,β-unsaturated/α-hetero) is 1. The van der Waals surface area contributed by atoms with Crippen LogP contribution in [0.5, 0.6) is 0 Å². The maximum Gasteiger partial charge on any atom is 0.202 e. The summed E-state index contributed by atoms with van der Waals surface area (Å²) in [5, 5.41) is 3.12. The predicted molar refractivity (Wildman–Crippen MR) is 183 cm³/mol. The third-order valence-corrected chi connectivity index (χ3v) is 7.05. The standard InChI is InChI=1S/C23H23N3O2.C7H14.C3H4O2.2C2H6/c1-15-4-5-18(12-21(15)26-16(2)19-10-11-27-14-19)23-25-13-22(28-23)17-6-8-20(24-3)9-7-17;1-7-5-3-2-4-6-7;1-3(5)2-4;2*1-2/h4-11,13-14,18,24H,12H2,1-3H3;7H,2-6H2,1H3;2H,1H3;2*1-2H3. The van der Waals surface area contributed by atoms with Gasteiger partial charge in [-0.15, -0.1) is 0 Å². The highest BCUT2D eigenvalue weighted by molar-refractivity contribution is 6.23. The molecule has 0 radical (unpaired) electrons. The van der Waals surface area contributed by atoms with Crippen molar-refractivity contribution in [3.63, 3.8) is 0 Å². The van der Waals surface area contributed by atoms with Crippen LogP contribution >= 0.6 is 0 Å². The number of anilines is 1. The minimum atomic E-state index is -0.426. The van der Waals surface area contributed by atoms with Crippen molar-refractivity contribution in [2.45, 2.75) is 99.8 Å². The Bertz CT molecular complexity index is 1310. The van der Waals surface area contributed by atoms with E-state index in [0.717, 1.165) is 51.9 Å². The summed E-state index contributed by atoms with van der Waals surface area (Å²) in [5.74, 6) is 2.17. The Kier molecular flexibility index (Phi) is 18.7. The van der Waals surface area contributed by atoms with Gasteiger partial charge in [0.1, 0.15) is 0 Å². The number of benzene rings is 1. The molecule has 0 amide bonds. The van der Waals surface area contributed by atoms with Gasteiger partial charge in [-0.2, -0.15) is 0 Å². The number of carbonyl (C=O) groups is 2. The van der Waals surface area contributed by atoms with Gasteiger partial charge in [0.2, 0.25) is 5.89 Å². The van der Waals surface area contributed by atoms with Gasteiger partial charge in [0.25, 0.3) is 0 Å². The van der Waals surface area contributed by atoms with E-state index in [2.05, 4.69) is 36.3 Å². The van der Waals surface area contributed by atoms with Gasteiger partial charge < -0.3 is 14.2 Å². The molecule has 1 atom stereocenters. The molecule has 5 rings (SSSR count). The molecule has 3 aromatic rings. The Morgan fingerprint density at radius 2 is 1.66 bits per heavy atom. The molecule has 0 spiro atoms. The van der Waals surface area contributed by atoms with Gasteiger partial charge in [0.05, 0.1) is 24.6 Å². The molecule has 2 aromatic heterocycles. The van der Waals surface area contributed by atoms with E-state index in [4.69, 9.17) is 18.6 Å². The number of rotatable bonds is 6. The molecule has 1 unspecified atom stereocenters. The number of carbonyl (C=O) groups excluding carboxylic acids is 2. The number of nitrogens with zero attached hydrogens (tertiary/aromatic N) is 2. The molecular weight excluding hydrogens is 550 g/mol. The third kappa shape index (κ3) is 13.1. The van der Waals surface area contributed by atoms with Gasteiger partial charge in [-0.3, -0.25) is 14.6 Å². The predicted octanol–water partition coefficient (Wildman–Crippen LogP) is 10.2. The zero-order chi connectivity index (χ0) is 32.9. The molecule has 7 nitrogen and oxygen atoms in total. The van der Waals surface area contributed by atoms with Gasteiger partial charge >= 0.3 is 0 Å². The van der Waals surface area contributed by atoms with E-state index < -0.39 is 5.78 Å². The van der Waals surface area contributed by atoms with Crippen molar-refractivity contribution in [1.29, 1.82) is 0 Å². The zero-order valence-corrected chi connectivity index (χ0v) is 28.3. The van der Waals surface area contributed by atoms with Crippen LogP contribution in [-0.4, -0.2) is 29.8 Å². The van der Waals surface area contributed by atoms with Gasteiger partial charge in [0, 0.05) is 48.6 Å². The summed E-state index contributed by atoms with van der Waals surface area (Å²) in [5.41, 5.74) is 6.22. The fraction of sp³-hybridized carbons (Fsp3) is 0.459. The number of furan rings is 1. The van der Waals surface area contributed by atoms with Crippen molar-refractivity contribution >= 4 is 23.5 Å². The summed E-state index contributed by atoms with van der Waals surface area (Å²) >= 11 is 0. The lowest BCUT2D eigenvalue weighted by Gasteiger charge is -2.16. The van der Waals surface area contributed by atoms with Crippen LogP contribution in [0.2, 0.25) is 0 Å². The molecule has 0 bridgehead atoms. The van der Waals surface area contributed by atoms with E-state index in [1.165, 1.54) is 39.0 Å². The van der Waals surface area contributed by atoms with Gasteiger partial charge in [0.15, 0.2) is 17.8 Å². The highest BCUT2D eigenvalue weighted by atomic mass is 16.4. The second kappa shape index (κ2) is 21.7. The number of oxazole rings is 1. The van der Waals surface area contributed by atoms with Crippen LogP contribution in [0.15, 0.2) is 86.3 Å². The van der Waals surface area contributed by atoms with Gasteiger partial charge in [-0.25, -0.2) is 4.98 Å². The molecule has 240 valence electrons. The molecule has 1 N–H and O–H groups in total. The lowest BCUT2D eigenvalue weighted by Crippen LogP contribution is -2.04. The topological polar surface area (TPSA) is 97.7 Å². The van der Waals surface area contributed by atoms with Crippen LogP contribution in [0.4, 0.5) is 5.69 Å². The molecule has 2 aliphatic carbocycles. The van der Waals surface area contributed by atoms with Crippen LogP contribution in [0.1, 0.15) is 111 Å². The van der Waals surface area contributed by atoms with E-state index in [1.54, 1.807) is 18.7 Å². The minimum Gasteiger partial charge on any atom is -0.472 e. The van der Waals surface area contributed by atoms with E-state index in [9.17, 15) is 4.79 Å². The van der Waals surface area contributed by atoms with Crippen LogP contribution in [0.25, 0.3) is 11.3 Å². The average molecular weight is 604 g/mol. The minimum absolute atomic E-state index is 0.0740. The van der Waals surface area contributed by atoms with Crippen LogP contribution < -0.4 is 5.32 Å². The molecule has 2 heterocycles. The molecule has 0 aliphatic heterocycles. The van der Waals surface area contributed by atoms with Crippen molar-refractivity contribution in [3.8, 4) is 11.3 Å². The Morgan fingerprint density at radius 1 is 1.02 bits per heavy atom. The number of nitrogens with one attached hydrogen (secondary N) is 1. The largest absolute Gasteiger partial charge is 0.472 e. The fourth-order valence-electron chi connectivity index (χ4n) is 4.54. The third-order valence-electron chi connectivity index (χ3n) is 7.05. The van der Waals surface area contributed by atoms with E-state index >= 15 is 0 Å². The van der Waals surface area contributed by atoms with Crippen molar-refractivity contribution in [2.24, 2.45) is 10.9 Å². The first-order valence-electron chi connectivity index (χ1n) is 16.0. The van der Waals surface area contributed by atoms with Crippen molar-refractivity contribution in [2.75, 3.05) is 12.4 Å². The second-order valence-electron chi connectivity index (χ2n) is 10.4. The number of hydrogen-bond donors (Lipinski definition) is 1. The molecule has 2 aliphatic rings. The van der Waals surface area contributed by atoms with Crippen molar-refractivity contribution in [3.05, 3.63) is 83.9 Å². The number of ketones is 1. The molecule has 1 fully saturated rings. The van der Waals surface area contributed by atoms with Crippen LogP contribution in [0.3, 0.4) is 0 Å². The lowest BCUT2D eigenvalue weighted by molar-refractivity contribution is -0.128. The summed E-state index contributed by atoms with van der Waals surface area (Å²) in [4.78, 5) is 28.0.